The first-order valence-electron chi connectivity index (χ1n) is 6.15. The van der Waals surface area contributed by atoms with Gasteiger partial charge < -0.3 is 0 Å². The number of hydrazine groups is 1. The lowest BCUT2D eigenvalue weighted by atomic mass is 9.86. The molecular formula is C13H17BrClFN2. The summed E-state index contributed by atoms with van der Waals surface area (Å²) in [6.45, 7) is 2.19. The second-order valence-corrected chi connectivity index (χ2v) is 6.21. The third kappa shape index (κ3) is 2.57. The van der Waals surface area contributed by atoms with Gasteiger partial charge in [0.05, 0.1) is 11.1 Å². The van der Waals surface area contributed by atoms with Crippen molar-refractivity contribution in [3.63, 3.8) is 0 Å². The molecule has 1 saturated carbocycles. The van der Waals surface area contributed by atoms with Crippen LogP contribution in [0.5, 0.6) is 0 Å². The number of nitrogens with two attached hydrogens (primary N) is 1. The van der Waals surface area contributed by atoms with Crippen LogP contribution in [0.25, 0.3) is 0 Å². The summed E-state index contributed by atoms with van der Waals surface area (Å²) >= 11 is 9.16. The van der Waals surface area contributed by atoms with Gasteiger partial charge in [0.1, 0.15) is 5.82 Å². The minimum Gasteiger partial charge on any atom is -0.271 e. The van der Waals surface area contributed by atoms with Gasteiger partial charge in [-0.3, -0.25) is 11.3 Å². The maximum Gasteiger partial charge on any atom is 0.147 e. The van der Waals surface area contributed by atoms with E-state index in [4.69, 9.17) is 17.4 Å². The molecule has 0 saturated heterocycles. The smallest absolute Gasteiger partial charge is 0.147 e. The average molecular weight is 336 g/mol. The molecule has 1 aromatic carbocycles. The molecule has 1 fully saturated rings. The normalized spacial score (nSPS) is 25.4. The third-order valence-electron chi connectivity index (χ3n) is 3.94. The lowest BCUT2D eigenvalue weighted by Crippen LogP contribution is -2.35. The van der Waals surface area contributed by atoms with Crippen molar-refractivity contribution in [3.05, 3.63) is 33.0 Å². The number of nitrogens with one attached hydrogen (secondary N) is 1. The summed E-state index contributed by atoms with van der Waals surface area (Å²) in [5, 5.41) is 0.124. The van der Waals surface area contributed by atoms with Crippen molar-refractivity contribution in [1.29, 1.82) is 0 Å². The summed E-state index contributed by atoms with van der Waals surface area (Å²) in [5.74, 6) is 6.16. The van der Waals surface area contributed by atoms with Crippen LogP contribution in [0.1, 0.15) is 37.8 Å². The monoisotopic (exact) mass is 334 g/mol. The van der Waals surface area contributed by atoms with Gasteiger partial charge in [0.2, 0.25) is 0 Å². The van der Waals surface area contributed by atoms with Crippen molar-refractivity contribution in [3.8, 4) is 0 Å². The second-order valence-electron chi connectivity index (χ2n) is 4.98. The highest BCUT2D eigenvalue weighted by Gasteiger charge is 2.33. The molecule has 5 heteroatoms. The van der Waals surface area contributed by atoms with Crippen LogP contribution in [0.2, 0.25) is 5.02 Å². The van der Waals surface area contributed by atoms with E-state index in [0.717, 1.165) is 6.42 Å². The summed E-state index contributed by atoms with van der Waals surface area (Å²) in [7, 11) is 0. The highest BCUT2D eigenvalue weighted by atomic mass is 79.9. The van der Waals surface area contributed by atoms with Gasteiger partial charge in [-0.1, -0.05) is 37.4 Å². The molecule has 0 spiro atoms. The van der Waals surface area contributed by atoms with Crippen molar-refractivity contribution in [2.24, 2.45) is 17.7 Å². The van der Waals surface area contributed by atoms with Crippen LogP contribution in [-0.2, 0) is 0 Å². The van der Waals surface area contributed by atoms with E-state index in [0.29, 0.717) is 21.9 Å². The number of rotatable bonds is 3. The molecule has 2 nitrogen and oxygen atoms in total. The van der Waals surface area contributed by atoms with Gasteiger partial charge >= 0.3 is 0 Å². The molecule has 0 aliphatic heterocycles. The Morgan fingerprint density at radius 3 is 2.78 bits per heavy atom. The zero-order chi connectivity index (χ0) is 13.3. The highest BCUT2D eigenvalue weighted by molar-refractivity contribution is 9.10. The Morgan fingerprint density at radius 1 is 1.50 bits per heavy atom. The van der Waals surface area contributed by atoms with Gasteiger partial charge in [-0.05, 0) is 40.3 Å². The molecule has 3 atom stereocenters. The van der Waals surface area contributed by atoms with E-state index in [1.807, 2.05) is 0 Å². The van der Waals surface area contributed by atoms with E-state index in [2.05, 4.69) is 28.3 Å². The molecule has 0 radical (unpaired) electrons. The Hall–Kier alpha value is -0.160. The Morgan fingerprint density at radius 2 is 2.22 bits per heavy atom. The van der Waals surface area contributed by atoms with E-state index >= 15 is 0 Å². The van der Waals surface area contributed by atoms with Crippen molar-refractivity contribution >= 4 is 27.5 Å². The van der Waals surface area contributed by atoms with Crippen LogP contribution < -0.4 is 11.3 Å². The van der Waals surface area contributed by atoms with Gasteiger partial charge in [-0.25, -0.2) is 4.39 Å². The first kappa shape index (κ1) is 14.3. The minimum absolute atomic E-state index is 0.124. The van der Waals surface area contributed by atoms with Crippen LogP contribution in [-0.4, -0.2) is 0 Å². The fourth-order valence-electron chi connectivity index (χ4n) is 2.89. The predicted molar refractivity (Wildman–Crippen MR) is 75.7 cm³/mol. The van der Waals surface area contributed by atoms with Gasteiger partial charge in [0.25, 0.3) is 0 Å². The van der Waals surface area contributed by atoms with E-state index in [9.17, 15) is 4.39 Å². The second kappa shape index (κ2) is 5.87. The maximum atomic E-state index is 14.2. The molecule has 0 heterocycles. The largest absolute Gasteiger partial charge is 0.271 e. The molecule has 0 amide bonds. The van der Waals surface area contributed by atoms with E-state index in [1.165, 1.54) is 12.8 Å². The Labute approximate surface area is 120 Å². The molecule has 2 rings (SSSR count). The van der Waals surface area contributed by atoms with Gasteiger partial charge in [0, 0.05) is 10.0 Å². The average Bonchev–Trinajstić information content (AvgIpc) is 2.77. The molecule has 0 aromatic heterocycles. The van der Waals surface area contributed by atoms with Crippen molar-refractivity contribution in [1.82, 2.24) is 5.43 Å². The van der Waals surface area contributed by atoms with Crippen molar-refractivity contribution < 1.29 is 4.39 Å². The summed E-state index contributed by atoms with van der Waals surface area (Å²) < 4.78 is 14.8. The molecule has 1 aliphatic rings. The highest BCUT2D eigenvalue weighted by Crippen LogP contribution is 2.41. The molecule has 0 bridgehead atoms. The lowest BCUT2D eigenvalue weighted by molar-refractivity contribution is 0.298. The first-order chi connectivity index (χ1) is 8.56. The van der Waals surface area contributed by atoms with Crippen LogP contribution in [0.3, 0.4) is 0 Å². The van der Waals surface area contributed by atoms with Crippen LogP contribution in [0.4, 0.5) is 4.39 Å². The third-order valence-corrected chi connectivity index (χ3v) is 5.19. The zero-order valence-electron chi connectivity index (χ0n) is 10.2. The zero-order valence-corrected chi connectivity index (χ0v) is 12.6. The van der Waals surface area contributed by atoms with Crippen molar-refractivity contribution in [2.45, 2.75) is 32.2 Å². The summed E-state index contributed by atoms with van der Waals surface area (Å²) in [6.07, 6.45) is 3.42. The number of benzene rings is 1. The standard InChI is InChI=1S/C13H17BrClFN2/c1-7-3-2-4-8(7)13(18-17)9-5-6-10(14)11(15)12(9)16/h5-8,13,18H,2-4,17H2,1H3. The van der Waals surface area contributed by atoms with E-state index in [1.54, 1.807) is 12.1 Å². The molecule has 18 heavy (non-hydrogen) atoms. The first-order valence-corrected chi connectivity index (χ1v) is 7.33. The quantitative estimate of drug-likeness (QED) is 0.494. The lowest BCUT2D eigenvalue weighted by Gasteiger charge is -2.27. The molecule has 1 aromatic rings. The molecule has 1 aliphatic carbocycles. The van der Waals surface area contributed by atoms with Crippen LogP contribution >= 0.6 is 27.5 Å². The maximum absolute atomic E-state index is 14.2. The summed E-state index contributed by atoms with van der Waals surface area (Å²) in [6, 6.07) is 3.35. The van der Waals surface area contributed by atoms with Crippen LogP contribution in [0.15, 0.2) is 16.6 Å². The van der Waals surface area contributed by atoms with E-state index in [-0.39, 0.29) is 16.9 Å². The Balaban J connectivity index is 2.36. The number of hydrogen-bond donors (Lipinski definition) is 2. The van der Waals surface area contributed by atoms with Gasteiger partial charge in [-0.15, -0.1) is 0 Å². The topological polar surface area (TPSA) is 38.0 Å². The predicted octanol–water partition coefficient (Wildman–Crippen LogP) is 4.18. The minimum atomic E-state index is -0.381. The fraction of sp³-hybridized carbons (Fsp3) is 0.538. The number of hydrogen-bond acceptors (Lipinski definition) is 2. The van der Waals surface area contributed by atoms with Crippen molar-refractivity contribution in [2.75, 3.05) is 0 Å². The molecular weight excluding hydrogens is 319 g/mol. The molecule has 100 valence electrons. The summed E-state index contributed by atoms with van der Waals surface area (Å²) in [5.41, 5.74) is 3.32. The molecule has 3 unspecified atom stereocenters. The fourth-order valence-corrected chi connectivity index (χ4v) is 3.37. The van der Waals surface area contributed by atoms with Gasteiger partial charge in [0.15, 0.2) is 0 Å². The van der Waals surface area contributed by atoms with Crippen LogP contribution in [0, 0.1) is 17.7 Å². The SMILES string of the molecule is CC1CCCC1C(NN)c1ccc(Br)c(Cl)c1F. The van der Waals surface area contributed by atoms with E-state index < -0.39 is 0 Å². The Kier molecular flexibility index (Phi) is 4.64. The molecule has 3 N–H and O–H groups in total. The number of halogens is 3. The van der Waals surface area contributed by atoms with Gasteiger partial charge in [-0.2, -0.15) is 0 Å². The summed E-state index contributed by atoms with van der Waals surface area (Å²) in [4.78, 5) is 0. The Bertz CT molecular complexity index is 441.